The van der Waals surface area contributed by atoms with Crippen molar-refractivity contribution >= 4 is 54.1 Å². The van der Waals surface area contributed by atoms with Gasteiger partial charge in [-0.2, -0.15) is 0 Å². The van der Waals surface area contributed by atoms with Crippen LogP contribution in [0.25, 0.3) is 93.2 Å². The minimum Gasteiger partial charge on any atom is -0.309 e. The van der Waals surface area contributed by atoms with Crippen LogP contribution in [0.3, 0.4) is 0 Å². The van der Waals surface area contributed by atoms with Gasteiger partial charge in [0.25, 0.3) is 0 Å². The van der Waals surface area contributed by atoms with Crippen LogP contribution in [0.4, 0.5) is 0 Å². The van der Waals surface area contributed by atoms with Gasteiger partial charge >= 0.3 is 0 Å². The van der Waals surface area contributed by atoms with Gasteiger partial charge in [-0.05, 0) is 130 Å². The number of nitrogens with zero attached hydrogens (tertiary/aromatic N) is 1. The molecule has 13 rings (SSSR count). The Morgan fingerprint density at radius 1 is 0.286 bits per heavy atom. The zero-order chi connectivity index (χ0) is 36.5. The van der Waals surface area contributed by atoms with Crippen LogP contribution in [-0.2, 0) is 5.41 Å². The number of hydrogen-bond acceptors (Lipinski definition) is 0. The standard InChI is InChI=1S/C55H33N/c1-2-15-35(16-3-1)56-52-28-13-10-23-43(52)48-31-34(29-30-53(48)56)36-24-14-25-44-41-21-8-11-26-49(41)55(54(36)44)50-27-12-9-22-42(50)47-32-45-39-19-6-4-17-37(39)38-18-5-7-20-40(38)46(45)33-51(47)55/h1-33H. The maximum Gasteiger partial charge on any atom is 0.0731 e. The first-order chi connectivity index (χ1) is 27.8. The van der Waals surface area contributed by atoms with Crippen molar-refractivity contribution in [1.29, 1.82) is 0 Å². The molecule has 1 atom stereocenters. The van der Waals surface area contributed by atoms with Gasteiger partial charge in [0.15, 0.2) is 0 Å². The molecule has 0 bridgehead atoms. The molecule has 1 unspecified atom stereocenters. The van der Waals surface area contributed by atoms with E-state index in [1.54, 1.807) is 0 Å². The number of benzene rings is 10. The van der Waals surface area contributed by atoms with Crippen molar-refractivity contribution < 1.29 is 0 Å². The number of aromatic nitrogens is 1. The summed E-state index contributed by atoms with van der Waals surface area (Å²) in [5.74, 6) is 0. The minimum absolute atomic E-state index is 0.498. The molecule has 2 aliphatic carbocycles. The van der Waals surface area contributed by atoms with E-state index in [2.05, 4.69) is 205 Å². The lowest BCUT2D eigenvalue weighted by atomic mass is 9.68. The first-order valence-electron chi connectivity index (χ1n) is 19.6. The molecule has 1 aromatic heterocycles. The van der Waals surface area contributed by atoms with Gasteiger partial charge in [0.1, 0.15) is 0 Å². The molecule has 0 amide bonds. The van der Waals surface area contributed by atoms with Gasteiger partial charge in [0.2, 0.25) is 0 Å². The third kappa shape index (κ3) is 3.70. The second kappa shape index (κ2) is 10.9. The zero-order valence-corrected chi connectivity index (χ0v) is 30.5. The van der Waals surface area contributed by atoms with E-state index >= 15 is 0 Å². The van der Waals surface area contributed by atoms with E-state index in [1.165, 1.54) is 115 Å². The fraction of sp³-hybridized carbons (Fsp3) is 0.0182. The quantitative estimate of drug-likeness (QED) is 0.158. The van der Waals surface area contributed by atoms with E-state index in [0.29, 0.717) is 0 Å². The molecule has 56 heavy (non-hydrogen) atoms. The van der Waals surface area contributed by atoms with Crippen molar-refractivity contribution in [1.82, 2.24) is 4.57 Å². The van der Waals surface area contributed by atoms with E-state index < -0.39 is 5.41 Å². The summed E-state index contributed by atoms with van der Waals surface area (Å²) in [6.07, 6.45) is 0. The van der Waals surface area contributed by atoms with Gasteiger partial charge in [-0.3, -0.25) is 0 Å². The SMILES string of the molecule is c1ccc(-n2c3ccccc3c3cc(-c4cccc5c4C4(c6ccccc6-c6cc7c8ccccc8c8ccccc8c7cc64)c4ccccc4-5)ccc32)cc1. The van der Waals surface area contributed by atoms with Crippen LogP contribution in [-0.4, -0.2) is 4.57 Å². The van der Waals surface area contributed by atoms with Crippen LogP contribution in [0.1, 0.15) is 22.3 Å². The summed E-state index contributed by atoms with van der Waals surface area (Å²) in [5, 5.41) is 10.4. The average Bonchev–Trinajstić information content (AvgIpc) is 3.87. The molecule has 2 aliphatic rings. The fourth-order valence-corrected chi connectivity index (χ4v) is 10.8. The lowest BCUT2D eigenvalue weighted by molar-refractivity contribution is 0.797. The second-order valence-electron chi connectivity index (χ2n) is 15.5. The number of rotatable bonds is 2. The monoisotopic (exact) mass is 707 g/mol. The maximum atomic E-state index is 2.57. The first-order valence-corrected chi connectivity index (χ1v) is 19.6. The van der Waals surface area contributed by atoms with Crippen LogP contribution in [0.2, 0.25) is 0 Å². The smallest absolute Gasteiger partial charge is 0.0731 e. The van der Waals surface area contributed by atoms with E-state index in [9.17, 15) is 0 Å². The highest BCUT2D eigenvalue weighted by molar-refractivity contribution is 6.26. The molecule has 0 saturated carbocycles. The van der Waals surface area contributed by atoms with Crippen LogP contribution >= 0.6 is 0 Å². The van der Waals surface area contributed by atoms with Crippen LogP contribution in [0, 0.1) is 0 Å². The molecule has 11 aromatic rings. The minimum atomic E-state index is -0.498. The van der Waals surface area contributed by atoms with Crippen molar-refractivity contribution in [2.45, 2.75) is 5.41 Å². The summed E-state index contributed by atoms with van der Waals surface area (Å²) in [6.45, 7) is 0. The zero-order valence-electron chi connectivity index (χ0n) is 30.5. The molecule has 258 valence electrons. The van der Waals surface area contributed by atoms with E-state index in [4.69, 9.17) is 0 Å². The Bertz CT molecular complexity index is 3480. The Hall–Kier alpha value is -7.22. The van der Waals surface area contributed by atoms with Gasteiger partial charge < -0.3 is 4.57 Å². The molecule has 0 fully saturated rings. The predicted octanol–water partition coefficient (Wildman–Crippen LogP) is 14.3. The molecule has 0 radical (unpaired) electrons. The highest BCUT2D eigenvalue weighted by atomic mass is 15.0. The first kappa shape index (κ1) is 30.1. The Labute approximate surface area is 324 Å². The molecule has 0 N–H and O–H groups in total. The number of para-hydroxylation sites is 2. The number of fused-ring (bicyclic) bond motifs is 19. The molecular weight excluding hydrogens is 675 g/mol. The van der Waals surface area contributed by atoms with Gasteiger partial charge in [0, 0.05) is 16.5 Å². The molecule has 1 nitrogen and oxygen atoms in total. The summed E-state index contributed by atoms with van der Waals surface area (Å²) < 4.78 is 2.41. The van der Waals surface area contributed by atoms with Crippen molar-refractivity contribution in [3.63, 3.8) is 0 Å². The van der Waals surface area contributed by atoms with Crippen molar-refractivity contribution in [2.24, 2.45) is 0 Å². The van der Waals surface area contributed by atoms with Crippen molar-refractivity contribution in [2.75, 3.05) is 0 Å². The van der Waals surface area contributed by atoms with Gasteiger partial charge in [-0.25, -0.2) is 0 Å². The molecule has 1 spiro atoms. The molecule has 1 heteroatoms. The van der Waals surface area contributed by atoms with Gasteiger partial charge in [-0.15, -0.1) is 0 Å². The van der Waals surface area contributed by atoms with Gasteiger partial charge in [0.05, 0.1) is 16.4 Å². The van der Waals surface area contributed by atoms with Gasteiger partial charge in [-0.1, -0.05) is 158 Å². The van der Waals surface area contributed by atoms with E-state index in [0.717, 1.165) is 0 Å². The lowest BCUT2D eigenvalue weighted by Crippen LogP contribution is -2.26. The molecule has 10 aromatic carbocycles. The average molecular weight is 708 g/mol. The van der Waals surface area contributed by atoms with Crippen LogP contribution < -0.4 is 0 Å². The van der Waals surface area contributed by atoms with E-state index in [1.807, 2.05) is 0 Å². The number of hydrogen-bond donors (Lipinski definition) is 0. The largest absolute Gasteiger partial charge is 0.309 e. The summed E-state index contributed by atoms with van der Waals surface area (Å²) in [7, 11) is 0. The lowest BCUT2D eigenvalue weighted by Gasteiger charge is -2.32. The summed E-state index contributed by atoms with van der Waals surface area (Å²) >= 11 is 0. The van der Waals surface area contributed by atoms with E-state index in [-0.39, 0.29) is 0 Å². The molecule has 0 saturated heterocycles. The maximum absolute atomic E-state index is 2.57. The predicted molar refractivity (Wildman–Crippen MR) is 235 cm³/mol. The normalized spacial score (nSPS) is 15.2. The molecule has 1 heterocycles. The fourth-order valence-electron chi connectivity index (χ4n) is 10.8. The Kier molecular flexibility index (Phi) is 5.89. The third-order valence-corrected chi connectivity index (χ3v) is 13.0. The summed E-state index contributed by atoms with van der Waals surface area (Å²) in [4.78, 5) is 0. The molecular formula is C55H33N. The second-order valence-corrected chi connectivity index (χ2v) is 15.5. The highest BCUT2D eigenvalue weighted by Gasteiger charge is 2.53. The Balaban J connectivity index is 1.16. The Morgan fingerprint density at radius 2 is 0.804 bits per heavy atom. The molecule has 0 aliphatic heterocycles. The topological polar surface area (TPSA) is 4.93 Å². The van der Waals surface area contributed by atoms with Crippen molar-refractivity contribution in [3.05, 3.63) is 222 Å². The summed E-state index contributed by atoms with van der Waals surface area (Å²) in [5.41, 5.74) is 16.4. The Morgan fingerprint density at radius 3 is 1.52 bits per heavy atom. The van der Waals surface area contributed by atoms with Crippen molar-refractivity contribution in [3.8, 4) is 39.1 Å². The third-order valence-electron chi connectivity index (χ3n) is 13.0. The van der Waals surface area contributed by atoms with Crippen LogP contribution in [0.5, 0.6) is 0 Å². The van der Waals surface area contributed by atoms with Crippen LogP contribution in [0.15, 0.2) is 200 Å². The highest BCUT2D eigenvalue weighted by Crippen LogP contribution is 2.65. The summed E-state index contributed by atoms with van der Waals surface area (Å²) in [6, 6.07) is 75.1.